The summed E-state index contributed by atoms with van der Waals surface area (Å²) in [4.78, 5) is 0. The van der Waals surface area contributed by atoms with Gasteiger partial charge >= 0.3 is 0 Å². The van der Waals surface area contributed by atoms with Crippen LogP contribution in [0.5, 0.6) is 5.75 Å². The van der Waals surface area contributed by atoms with E-state index in [2.05, 4.69) is 19.2 Å². The molecule has 2 N–H and O–H groups in total. The predicted octanol–water partition coefficient (Wildman–Crippen LogP) is 2.86. The van der Waals surface area contributed by atoms with Gasteiger partial charge in [-0.05, 0) is 43.9 Å². The highest BCUT2D eigenvalue weighted by molar-refractivity contribution is 7.99. The molecule has 0 fully saturated rings. The summed E-state index contributed by atoms with van der Waals surface area (Å²) in [5, 5.41) is 13.2. The second-order valence-corrected chi connectivity index (χ2v) is 6.47. The van der Waals surface area contributed by atoms with Gasteiger partial charge in [-0.25, -0.2) is 0 Å². The number of rotatable bonds is 10. The minimum absolute atomic E-state index is 0.326. The molecule has 1 rings (SSSR count). The molecular formula is C16H27NO2S. The van der Waals surface area contributed by atoms with Gasteiger partial charge in [-0.1, -0.05) is 24.6 Å². The maximum atomic E-state index is 9.89. The predicted molar refractivity (Wildman–Crippen MR) is 87.8 cm³/mol. The molecule has 0 bridgehead atoms. The Bertz CT molecular complexity index is 356. The number of benzene rings is 1. The van der Waals surface area contributed by atoms with E-state index in [0.29, 0.717) is 19.2 Å². The van der Waals surface area contributed by atoms with Crippen LogP contribution in [-0.4, -0.2) is 41.9 Å². The fraction of sp³-hybridized carbons (Fsp3) is 0.625. The van der Waals surface area contributed by atoms with Crippen molar-refractivity contribution >= 4 is 11.8 Å². The zero-order valence-electron chi connectivity index (χ0n) is 12.8. The van der Waals surface area contributed by atoms with E-state index in [4.69, 9.17) is 4.74 Å². The summed E-state index contributed by atoms with van der Waals surface area (Å²) in [6.45, 7) is 7.27. The number of hydrogen-bond acceptors (Lipinski definition) is 4. The van der Waals surface area contributed by atoms with E-state index in [-0.39, 0.29) is 0 Å². The monoisotopic (exact) mass is 297 g/mol. The lowest BCUT2D eigenvalue weighted by molar-refractivity contribution is 0.104. The lowest BCUT2D eigenvalue weighted by atomic mass is 10.2. The molecule has 0 aromatic heterocycles. The molecule has 0 saturated heterocycles. The van der Waals surface area contributed by atoms with E-state index < -0.39 is 6.10 Å². The molecule has 2 unspecified atom stereocenters. The largest absolute Gasteiger partial charge is 0.491 e. The molecule has 1 aromatic rings. The topological polar surface area (TPSA) is 41.5 Å². The molecule has 0 aliphatic carbocycles. The van der Waals surface area contributed by atoms with Crippen molar-refractivity contribution in [1.82, 2.24) is 5.32 Å². The average Bonchev–Trinajstić information content (AvgIpc) is 2.45. The Kier molecular flexibility index (Phi) is 8.74. The van der Waals surface area contributed by atoms with Crippen LogP contribution in [0.2, 0.25) is 0 Å². The van der Waals surface area contributed by atoms with Gasteiger partial charge in [0, 0.05) is 12.6 Å². The Morgan fingerprint density at radius 1 is 1.30 bits per heavy atom. The van der Waals surface area contributed by atoms with Crippen molar-refractivity contribution < 1.29 is 9.84 Å². The van der Waals surface area contributed by atoms with Crippen LogP contribution >= 0.6 is 11.8 Å². The minimum atomic E-state index is -0.474. The zero-order valence-corrected chi connectivity index (χ0v) is 13.6. The SMILES string of the molecule is CCSCCC(C)NCC(O)COc1ccc(C)cc1. The van der Waals surface area contributed by atoms with Crippen LogP contribution in [0.15, 0.2) is 24.3 Å². The summed E-state index contributed by atoms with van der Waals surface area (Å²) in [5.74, 6) is 3.14. The number of ether oxygens (including phenoxy) is 1. The van der Waals surface area contributed by atoms with Gasteiger partial charge in [-0.3, -0.25) is 0 Å². The number of hydrogen-bond donors (Lipinski definition) is 2. The van der Waals surface area contributed by atoms with Crippen LogP contribution in [0, 0.1) is 6.92 Å². The third-order valence-electron chi connectivity index (χ3n) is 3.06. The van der Waals surface area contributed by atoms with Gasteiger partial charge in [0.15, 0.2) is 0 Å². The summed E-state index contributed by atoms with van der Waals surface area (Å²) < 4.78 is 5.56. The first-order chi connectivity index (χ1) is 9.61. The lowest BCUT2D eigenvalue weighted by Crippen LogP contribution is -2.36. The van der Waals surface area contributed by atoms with Crippen molar-refractivity contribution in [3.8, 4) is 5.75 Å². The Morgan fingerprint density at radius 2 is 2.00 bits per heavy atom. The van der Waals surface area contributed by atoms with Crippen LogP contribution in [0.1, 0.15) is 25.8 Å². The van der Waals surface area contributed by atoms with Crippen molar-refractivity contribution in [3.63, 3.8) is 0 Å². The van der Waals surface area contributed by atoms with Crippen molar-refractivity contribution in [1.29, 1.82) is 0 Å². The average molecular weight is 297 g/mol. The second-order valence-electron chi connectivity index (χ2n) is 5.07. The first kappa shape index (κ1) is 17.3. The van der Waals surface area contributed by atoms with Crippen LogP contribution in [0.4, 0.5) is 0 Å². The van der Waals surface area contributed by atoms with E-state index in [0.717, 1.165) is 12.2 Å². The normalized spacial score (nSPS) is 14.0. The summed E-state index contributed by atoms with van der Waals surface area (Å²) >= 11 is 1.95. The van der Waals surface area contributed by atoms with Gasteiger partial charge in [0.2, 0.25) is 0 Å². The van der Waals surface area contributed by atoms with Crippen LogP contribution in [0.3, 0.4) is 0 Å². The van der Waals surface area contributed by atoms with Crippen molar-refractivity contribution in [2.75, 3.05) is 24.7 Å². The second kappa shape index (κ2) is 10.1. The van der Waals surface area contributed by atoms with Crippen molar-refractivity contribution in [2.45, 2.75) is 39.3 Å². The summed E-state index contributed by atoms with van der Waals surface area (Å²) in [7, 11) is 0. The molecule has 20 heavy (non-hydrogen) atoms. The smallest absolute Gasteiger partial charge is 0.119 e. The molecule has 1 aromatic carbocycles. The number of aliphatic hydroxyl groups is 1. The van der Waals surface area contributed by atoms with Gasteiger partial charge in [0.05, 0.1) is 0 Å². The van der Waals surface area contributed by atoms with Crippen LogP contribution in [0.25, 0.3) is 0 Å². The van der Waals surface area contributed by atoms with E-state index in [1.165, 1.54) is 17.1 Å². The van der Waals surface area contributed by atoms with Gasteiger partial charge < -0.3 is 15.2 Å². The molecule has 0 spiro atoms. The van der Waals surface area contributed by atoms with E-state index >= 15 is 0 Å². The highest BCUT2D eigenvalue weighted by Crippen LogP contribution is 2.11. The molecule has 0 aliphatic rings. The van der Waals surface area contributed by atoms with Crippen LogP contribution in [-0.2, 0) is 0 Å². The minimum Gasteiger partial charge on any atom is -0.491 e. The molecule has 0 amide bonds. The maximum absolute atomic E-state index is 9.89. The molecule has 0 saturated carbocycles. The summed E-state index contributed by atoms with van der Waals surface area (Å²) in [6.07, 6.45) is 0.655. The van der Waals surface area contributed by atoms with Gasteiger partial charge in [0.1, 0.15) is 18.5 Å². The lowest BCUT2D eigenvalue weighted by Gasteiger charge is -2.17. The first-order valence-corrected chi connectivity index (χ1v) is 8.46. The number of thioether (sulfide) groups is 1. The Labute approximate surface area is 127 Å². The third kappa shape index (κ3) is 7.78. The van der Waals surface area contributed by atoms with Gasteiger partial charge in [-0.2, -0.15) is 11.8 Å². The van der Waals surface area contributed by atoms with E-state index in [1.54, 1.807) is 0 Å². The molecule has 0 radical (unpaired) electrons. The molecule has 4 heteroatoms. The summed E-state index contributed by atoms with van der Waals surface area (Å²) in [5.41, 5.74) is 1.21. The van der Waals surface area contributed by atoms with Gasteiger partial charge in [0.25, 0.3) is 0 Å². The molecule has 114 valence electrons. The fourth-order valence-electron chi connectivity index (χ4n) is 1.73. The molecule has 3 nitrogen and oxygen atoms in total. The Hall–Kier alpha value is -0.710. The highest BCUT2D eigenvalue weighted by Gasteiger charge is 2.08. The quantitative estimate of drug-likeness (QED) is 0.652. The van der Waals surface area contributed by atoms with E-state index in [9.17, 15) is 5.11 Å². The van der Waals surface area contributed by atoms with Crippen molar-refractivity contribution in [2.24, 2.45) is 0 Å². The summed E-state index contributed by atoms with van der Waals surface area (Å²) in [6, 6.07) is 8.31. The number of aliphatic hydroxyl groups excluding tert-OH is 1. The van der Waals surface area contributed by atoms with Crippen LogP contribution < -0.4 is 10.1 Å². The third-order valence-corrected chi connectivity index (χ3v) is 4.00. The molecule has 0 aliphatic heterocycles. The number of nitrogens with one attached hydrogen (secondary N) is 1. The Balaban J connectivity index is 2.13. The first-order valence-electron chi connectivity index (χ1n) is 7.30. The number of aryl methyl sites for hydroxylation is 1. The maximum Gasteiger partial charge on any atom is 0.119 e. The van der Waals surface area contributed by atoms with Crippen molar-refractivity contribution in [3.05, 3.63) is 29.8 Å². The highest BCUT2D eigenvalue weighted by atomic mass is 32.2. The molecular weight excluding hydrogens is 270 g/mol. The Morgan fingerprint density at radius 3 is 2.65 bits per heavy atom. The fourth-order valence-corrected chi connectivity index (χ4v) is 2.54. The zero-order chi connectivity index (χ0) is 14.8. The van der Waals surface area contributed by atoms with Gasteiger partial charge in [-0.15, -0.1) is 0 Å². The molecule has 0 heterocycles. The standard InChI is InChI=1S/C16H27NO2S/c1-4-20-10-9-14(3)17-11-15(18)12-19-16-7-5-13(2)6-8-16/h5-8,14-15,17-18H,4,9-12H2,1-3H3. The molecule has 2 atom stereocenters. The van der Waals surface area contributed by atoms with E-state index in [1.807, 2.05) is 43.0 Å².